The van der Waals surface area contributed by atoms with Gasteiger partial charge in [0.05, 0.1) is 4.91 Å². The number of nitrogens with zero attached hydrogens (tertiary/aromatic N) is 1. The summed E-state index contributed by atoms with van der Waals surface area (Å²) in [5.41, 5.74) is 1.33. The van der Waals surface area contributed by atoms with Gasteiger partial charge >= 0.3 is 0 Å². The Morgan fingerprint density at radius 2 is 1.96 bits per heavy atom. The standard InChI is InChI=1S/C20H18N2O4S2/c1-12(18(25)21-11-13-5-3-2-4-6-13)22-19(26)17(28-20(22)27)9-14-7-8-15(23)10-16(14)24/h2-10,12,23-24H,11H2,1H3,(H,21,25)/b17-9-. The number of carbonyl (C=O) groups is 2. The fourth-order valence-corrected chi connectivity index (χ4v) is 4.07. The number of amides is 2. The Morgan fingerprint density at radius 1 is 1.25 bits per heavy atom. The second-order valence-electron chi connectivity index (χ2n) is 6.17. The molecule has 0 aromatic heterocycles. The first-order valence-corrected chi connectivity index (χ1v) is 9.70. The molecule has 144 valence electrons. The zero-order valence-corrected chi connectivity index (χ0v) is 16.6. The van der Waals surface area contributed by atoms with Crippen molar-refractivity contribution in [2.24, 2.45) is 0 Å². The van der Waals surface area contributed by atoms with E-state index in [1.54, 1.807) is 6.92 Å². The lowest BCUT2D eigenvalue weighted by molar-refractivity contribution is -0.132. The molecule has 1 saturated heterocycles. The molecule has 1 atom stereocenters. The lowest BCUT2D eigenvalue weighted by Gasteiger charge is -2.22. The molecule has 6 nitrogen and oxygen atoms in total. The van der Waals surface area contributed by atoms with Crippen molar-refractivity contribution in [3.63, 3.8) is 0 Å². The summed E-state index contributed by atoms with van der Waals surface area (Å²) in [6, 6.07) is 12.8. The van der Waals surface area contributed by atoms with Gasteiger partial charge in [-0.05, 0) is 30.7 Å². The van der Waals surface area contributed by atoms with Crippen LogP contribution in [0.3, 0.4) is 0 Å². The number of benzene rings is 2. The fourth-order valence-electron chi connectivity index (χ4n) is 2.66. The quantitative estimate of drug-likeness (QED) is 0.515. The zero-order valence-electron chi connectivity index (χ0n) is 15.0. The van der Waals surface area contributed by atoms with Crippen molar-refractivity contribution < 1.29 is 19.8 Å². The van der Waals surface area contributed by atoms with Crippen LogP contribution in [0.5, 0.6) is 11.5 Å². The fraction of sp³-hybridized carbons (Fsp3) is 0.150. The van der Waals surface area contributed by atoms with Gasteiger partial charge in [0.2, 0.25) is 5.91 Å². The highest BCUT2D eigenvalue weighted by atomic mass is 32.2. The third kappa shape index (κ3) is 4.35. The van der Waals surface area contributed by atoms with Crippen LogP contribution < -0.4 is 5.32 Å². The molecule has 2 aromatic carbocycles. The number of thiocarbonyl (C=S) groups is 1. The molecule has 1 fully saturated rings. The number of rotatable bonds is 5. The van der Waals surface area contributed by atoms with Crippen LogP contribution in [0.1, 0.15) is 18.1 Å². The maximum atomic E-state index is 12.8. The molecule has 1 aliphatic rings. The minimum Gasteiger partial charge on any atom is -0.508 e. The Hall–Kier alpha value is -2.84. The van der Waals surface area contributed by atoms with Gasteiger partial charge in [-0.15, -0.1) is 0 Å². The molecular weight excluding hydrogens is 396 g/mol. The summed E-state index contributed by atoms with van der Waals surface area (Å²) in [6.45, 7) is 1.97. The van der Waals surface area contributed by atoms with Crippen molar-refractivity contribution in [2.75, 3.05) is 0 Å². The molecule has 28 heavy (non-hydrogen) atoms. The molecule has 1 heterocycles. The number of aromatic hydroxyl groups is 2. The largest absolute Gasteiger partial charge is 0.508 e. The lowest BCUT2D eigenvalue weighted by Crippen LogP contribution is -2.46. The molecule has 2 aromatic rings. The minimum absolute atomic E-state index is 0.0779. The second kappa shape index (κ2) is 8.45. The van der Waals surface area contributed by atoms with E-state index in [0.29, 0.717) is 17.0 Å². The van der Waals surface area contributed by atoms with E-state index in [1.165, 1.54) is 29.2 Å². The van der Waals surface area contributed by atoms with E-state index in [9.17, 15) is 19.8 Å². The van der Waals surface area contributed by atoms with Gasteiger partial charge in [-0.25, -0.2) is 0 Å². The highest BCUT2D eigenvalue weighted by Gasteiger charge is 2.38. The van der Waals surface area contributed by atoms with Crippen LogP contribution >= 0.6 is 24.0 Å². The van der Waals surface area contributed by atoms with Gasteiger partial charge in [0.15, 0.2) is 0 Å². The number of hydrogen-bond donors (Lipinski definition) is 3. The number of thioether (sulfide) groups is 1. The predicted molar refractivity (Wildman–Crippen MR) is 113 cm³/mol. The minimum atomic E-state index is -0.768. The van der Waals surface area contributed by atoms with Crippen LogP contribution in [0, 0.1) is 0 Å². The number of hydrogen-bond acceptors (Lipinski definition) is 6. The van der Waals surface area contributed by atoms with E-state index >= 15 is 0 Å². The summed E-state index contributed by atoms with van der Waals surface area (Å²) < 4.78 is 0.275. The molecule has 2 amide bonds. The highest BCUT2D eigenvalue weighted by Crippen LogP contribution is 2.35. The van der Waals surface area contributed by atoms with Gasteiger partial charge in [0.1, 0.15) is 21.9 Å². The van der Waals surface area contributed by atoms with Crippen LogP contribution in [-0.4, -0.2) is 37.3 Å². The average molecular weight is 415 g/mol. The van der Waals surface area contributed by atoms with Gasteiger partial charge in [0.25, 0.3) is 5.91 Å². The summed E-state index contributed by atoms with van der Waals surface area (Å²) in [6.07, 6.45) is 1.49. The average Bonchev–Trinajstić information content (AvgIpc) is 2.95. The van der Waals surface area contributed by atoms with Gasteiger partial charge in [-0.3, -0.25) is 14.5 Å². The van der Waals surface area contributed by atoms with Crippen LogP contribution in [-0.2, 0) is 16.1 Å². The number of carbonyl (C=O) groups excluding carboxylic acids is 2. The Morgan fingerprint density at radius 3 is 2.64 bits per heavy atom. The summed E-state index contributed by atoms with van der Waals surface area (Å²) in [5, 5.41) is 22.1. The maximum Gasteiger partial charge on any atom is 0.266 e. The van der Waals surface area contributed by atoms with Crippen molar-refractivity contribution >= 4 is 46.2 Å². The van der Waals surface area contributed by atoms with E-state index in [1.807, 2.05) is 30.3 Å². The molecule has 3 N–H and O–H groups in total. The van der Waals surface area contributed by atoms with Gasteiger partial charge in [-0.1, -0.05) is 54.3 Å². The molecule has 0 bridgehead atoms. The van der Waals surface area contributed by atoms with E-state index in [4.69, 9.17) is 12.2 Å². The van der Waals surface area contributed by atoms with Gasteiger partial charge in [-0.2, -0.15) is 0 Å². The van der Waals surface area contributed by atoms with Crippen LogP contribution in [0.25, 0.3) is 6.08 Å². The second-order valence-corrected chi connectivity index (χ2v) is 7.85. The number of phenolic OH excluding ortho intramolecular Hbond substituents is 2. The summed E-state index contributed by atoms with van der Waals surface area (Å²) >= 11 is 6.35. The monoisotopic (exact) mass is 414 g/mol. The van der Waals surface area contributed by atoms with Gasteiger partial charge in [0, 0.05) is 18.2 Å². The molecule has 0 saturated carbocycles. The van der Waals surface area contributed by atoms with Crippen molar-refractivity contribution in [2.45, 2.75) is 19.5 Å². The summed E-state index contributed by atoms with van der Waals surface area (Å²) in [5.74, 6) is -0.941. The lowest BCUT2D eigenvalue weighted by atomic mass is 10.1. The van der Waals surface area contributed by atoms with Gasteiger partial charge < -0.3 is 15.5 Å². The highest BCUT2D eigenvalue weighted by molar-refractivity contribution is 8.26. The topological polar surface area (TPSA) is 89.9 Å². The van der Waals surface area contributed by atoms with E-state index in [-0.39, 0.29) is 21.7 Å². The number of nitrogens with one attached hydrogen (secondary N) is 1. The van der Waals surface area contributed by atoms with Crippen molar-refractivity contribution in [1.29, 1.82) is 0 Å². The molecule has 8 heteroatoms. The van der Waals surface area contributed by atoms with E-state index < -0.39 is 11.9 Å². The Labute approximate surface area is 171 Å². The predicted octanol–water partition coefficient (Wildman–Crippen LogP) is 3.00. The smallest absolute Gasteiger partial charge is 0.266 e. The van der Waals surface area contributed by atoms with Crippen molar-refractivity contribution in [1.82, 2.24) is 10.2 Å². The molecule has 1 unspecified atom stereocenters. The Balaban J connectivity index is 1.71. The molecule has 1 aliphatic heterocycles. The van der Waals surface area contributed by atoms with Crippen molar-refractivity contribution in [3.8, 4) is 11.5 Å². The zero-order chi connectivity index (χ0) is 20.3. The first-order valence-electron chi connectivity index (χ1n) is 8.47. The van der Waals surface area contributed by atoms with E-state index in [0.717, 1.165) is 17.3 Å². The number of phenols is 2. The van der Waals surface area contributed by atoms with Crippen LogP contribution in [0.15, 0.2) is 53.4 Å². The summed E-state index contributed by atoms with van der Waals surface area (Å²) in [4.78, 5) is 26.8. The Kier molecular flexibility index (Phi) is 6.01. The first kappa shape index (κ1) is 19.9. The van der Waals surface area contributed by atoms with Crippen molar-refractivity contribution in [3.05, 3.63) is 64.6 Å². The molecule has 0 aliphatic carbocycles. The molecular formula is C20H18N2O4S2. The first-order chi connectivity index (χ1) is 13.4. The van der Waals surface area contributed by atoms with E-state index in [2.05, 4.69) is 5.32 Å². The summed E-state index contributed by atoms with van der Waals surface area (Å²) in [7, 11) is 0. The third-order valence-electron chi connectivity index (χ3n) is 4.20. The third-order valence-corrected chi connectivity index (χ3v) is 5.53. The normalized spacial score (nSPS) is 16.5. The molecule has 3 rings (SSSR count). The van der Waals surface area contributed by atoms with Crippen LogP contribution in [0.4, 0.5) is 0 Å². The maximum absolute atomic E-state index is 12.8. The Bertz CT molecular complexity index is 960. The SMILES string of the molecule is CC(C(=O)NCc1ccccc1)N1C(=O)/C(=C/c2ccc(O)cc2O)SC1=S. The molecule has 0 radical (unpaired) electrons. The van der Waals surface area contributed by atoms with Crippen LogP contribution in [0.2, 0.25) is 0 Å². The molecule has 0 spiro atoms.